The first-order valence-corrected chi connectivity index (χ1v) is 10.8. The summed E-state index contributed by atoms with van der Waals surface area (Å²) in [5, 5.41) is 22.3. The van der Waals surface area contributed by atoms with Crippen molar-refractivity contribution in [3.05, 3.63) is 21.8 Å². The van der Waals surface area contributed by atoms with Gasteiger partial charge in [0.25, 0.3) is 0 Å². The van der Waals surface area contributed by atoms with E-state index in [1.807, 2.05) is 18.4 Å². The lowest BCUT2D eigenvalue weighted by Gasteiger charge is -2.17. The molecule has 1 atom stereocenters. The SMILES string of the molecule is CCc1nnc(SCC(=O)Nc2sc3c(c2C#N)CCC(C)C3)n1CC. The van der Waals surface area contributed by atoms with Gasteiger partial charge in [0.1, 0.15) is 16.9 Å². The molecule has 26 heavy (non-hydrogen) atoms. The normalized spacial score (nSPS) is 16.2. The van der Waals surface area contributed by atoms with Crippen molar-refractivity contribution in [3.63, 3.8) is 0 Å². The summed E-state index contributed by atoms with van der Waals surface area (Å²) in [5.41, 5.74) is 1.79. The van der Waals surface area contributed by atoms with Crippen molar-refractivity contribution in [2.75, 3.05) is 11.1 Å². The molecule has 2 aromatic heterocycles. The highest BCUT2D eigenvalue weighted by atomic mass is 32.2. The first kappa shape index (κ1) is 18.9. The summed E-state index contributed by atoms with van der Waals surface area (Å²) in [6, 6.07) is 2.29. The van der Waals surface area contributed by atoms with E-state index in [0.717, 1.165) is 48.8 Å². The number of nitriles is 1. The van der Waals surface area contributed by atoms with Gasteiger partial charge < -0.3 is 9.88 Å². The molecule has 1 N–H and O–H groups in total. The van der Waals surface area contributed by atoms with Gasteiger partial charge in [-0.1, -0.05) is 25.6 Å². The molecule has 1 amide bonds. The van der Waals surface area contributed by atoms with E-state index in [0.29, 0.717) is 16.5 Å². The number of hydrogen-bond donors (Lipinski definition) is 1. The second-order valence-electron chi connectivity index (χ2n) is 6.50. The summed E-state index contributed by atoms with van der Waals surface area (Å²) in [4.78, 5) is 13.7. The van der Waals surface area contributed by atoms with Crippen molar-refractivity contribution in [2.45, 2.75) is 58.2 Å². The minimum absolute atomic E-state index is 0.109. The summed E-state index contributed by atoms with van der Waals surface area (Å²) in [7, 11) is 0. The van der Waals surface area contributed by atoms with E-state index in [1.54, 1.807) is 11.3 Å². The summed E-state index contributed by atoms with van der Waals surface area (Å²) < 4.78 is 2.03. The molecule has 0 spiro atoms. The average molecular weight is 390 g/mol. The third-order valence-electron chi connectivity index (χ3n) is 4.63. The molecule has 6 nitrogen and oxygen atoms in total. The molecule has 0 aliphatic heterocycles. The standard InChI is InChI=1S/C18H23N5OS2/c1-4-15-21-22-18(23(15)5-2)25-10-16(24)20-17-13(9-19)12-7-6-11(3)8-14(12)26-17/h11H,4-8,10H2,1-3H3,(H,20,24). The average Bonchev–Trinajstić information content (AvgIpc) is 3.18. The van der Waals surface area contributed by atoms with Crippen molar-refractivity contribution in [3.8, 4) is 6.07 Å². The van der Waals surface area contributed by atoms with Crippen molar-refractivity contribution in [1.29, 1.82) is 5.26 Å². The number of amides is 1. The van der Waals surface area contributed by atoms with Crippen LogP contribution < -0.4 is 5.32 Å². The third-order valence-corrected chi connectivity index (χ3v) is 6.77. The molecule has 138 valence electrons. The molecular formula is C18H23N5OS2. The smallest absolute Gasteiger partial charge is 0.235 e. The van der Waals surface area contributed by atoms with Gasteiger partial charge in [-0.25, -0.2) is 0 Å². The van der Waals surface area contributed by atoms with Gasteiger partial charge in [0.2, 0.25) is 5.91 Å². The Balaban J connectivity index is 1.68. The van der Waals surface area contributed by atoms with Gasteiger partial charge in [-0.3, -0.25) is 4.79 Å². The maximum absolute atomic E-state index is 12.4. The van der Waals surface area contributed by atoms with Crippen LogP contribution in [0.1, 0.15) is 49.0 Å². The van der Waals surface area contributed by atoms with E-state index in [2.05, 4.69) is 28.5 Å². The predicted molar refractivity (Wildman–Crippen MR) is 105 cm³/mol. The number of nitrogens with zero attached hydrogens (tertiary/aromatic N) is 4. The van der Waals surface area contributed by atoms with Gasteiger partial charge in [-0.15, -0.1) is 21.5 Å². The molecule has 1 aliphatic carbocycles. The number of nitrogens with one attached hydrogen (secondary N) is 1. The number of rotatable bonds is 6. The second kappa shape index (κ2) is 8.23. The number of aromatic nitrogens is 3. The molecule has 0 aromatic carbocycles. The first-order chi connectivity index (χ1) is 12.6. The maximum Gasteiger partial charge on any atom is 0.235 e. The lowest BCUT2D eigenvalue weighted by atomic mass is 9.89. The summed E-state index contributed by atoms with van der Waals surface area (Å²) in [5.74, 6) is 1.72. The molecule has 1 aliphatic rings. The fourth-order valence-electron chi connectivity index (χ4n) is 3.25. The van der Waals surface area contributed by atoms with E-state index in [1.165, 1.54) is 16.6 Å². The number of thiophene rings is 1. The molecule has 0 saturated heterocycles. The number of thioether (sulfide) groups is 1. The molecule has 0 radical (unpaired) electrons. The van der Waals surface area contributed by atoms with Crippen LogP contribution in [0.3, 0.4) is 0 Å². The summed E-state index contributed by atoms with van der Waals surface area (Å²) >= 11 is 2.94. The Morgan fingerprint density at radius 1 is 1.46 bits per heavy atom. The topological polar surface area (TPSA) is 83.6 Å². The summed E-state index contributed by atoms with van der Waals surface area (Å²) in [6.45, 7) is 7.11. The number of carbonyl (C=O) groups is 1. The van der Waals surface area contributed by atoms with E-state index in [-0.39, 0.29) is 11.7 Å². The minimum atomic E-state index is -0.109. The Morgan fingerprint density at radius 3 is 2.96 bits per heavy atom. The van der Waals surface area contributed by atoms with Crippen LogP contribution in [0.15, 0.2) is 5.16 Å². The second-order valence-corrected chi connectivity index (χ2v) is 8.55. The van der Waals surface area contributed by atoms with Gasteiger partial charge in [-0.2, -0.15) is 5.26 Å². The van der Waals surface area contributed by atoms with E-state index in [9.17, 15) is 10.1 Å². The van der Waals surface area contributed by atoms with Crippen LogP contribution in [0.4, 0.5) is 5.00 Å². The minimum Gasteiger partial charge on any atom is -0.316 e. The third kappa shape index (κ3) is 3.79. The van der Waals surface area contributed by atoms with Crippen molar-refractivity contribution in [1.82, 2.24) is 14.8 Å². The van der Waals surface area contributed by atoms with Gasteiger partial charge in [0.05, 0.1) is 11.3 Å². The van der Waals surface area contributed by atoms with Gasteiger partial charge in [0, 0.05) is 17.8 Å². The van der Waals surface area contributed by atoms with Crippen LogP contribution in [-0.4, -0.2) is 26.4 Å². The van der Waals surface area contributed by atoms with Crippen molar-refractivity contribution in [2.24, 2.45) is 5.92 Å². The molecule has 8 heteroatoms. The Hall–Kier alpha value is -1.85. The molecule has 0 bridgehead atoms. The van der Waals surface area contributed by atoms with Crippen LogP contribution >= 0.6 is 23.1 Å². The van der Waals surface area contributed by atoms with Gasteiger partial charge in [0.15, 0.2) is 5.16 Å². The van der Waals surface area contributed by atoms with Gasteiger partial charge in [-0.05, 0) is 37.7 Å². The number of carbonyl (C=O) groups excluding carboxylic acids is 1. The van der Waals surface area contributed by atoms with Crippen molar-refractivity contribution >= 4 is 34.0 Å². The zero-order valence-corrected chi connectivity index (χ0v) is 17.0. The largest absolute Gasteiger partial charge is 0.316 e. The number of fused-ring (bicyclic) bond motifs is 1. The van der Waals surface area contributed by atoms with Crippen LogP contribution in [0, 0.1) is 17.2 Å². The van der Waals surface area contributed by atoms with Crippen LogP contribution in [0.25, 0.3) is 0 Å². The molecule has 2 aromatic rings. The Kier molecular flexibility index (Phi) is 5.99. The number of aryl methyl sites for hydroxylation is 1. The first-order valence-electron chi connectivity index (χ1n) is 8.96. The summed E-state index contributed by atoms with van der Waals surface area (Å²) in [6.07, 6.45) is 3.85. The predicted octanol–water partition coefficient (Wildman–Crippen LogP) is 3.65. The Morgan fingerprint density at radius 2 is 2.27 bits per heavy atom. The Bertz CT molecular complexity index is 849. The monoisotopic (exact) mass is 389 g/mol. The zero-order valence-electron chi connectivity index (χ0n) is 15.3. The highest BCUT2D eigenvalue weighted by Crippen LogP contribution is 2.39. The lowest BCUT2D eigenvalue weighted by Crippen LogP contribution is -2.15. The Labute approximate surface area is 162 Å². The molecule has 1 unspecified atom stereocenters. The quantitative estimate of drug-likeness (QED) is 0.763. The molecule has 0 saturated carbocycles. The molecule has 0 fully saturated rings. The zero-order chi connectivity index (χ0) is 18.7. The lowest BCUT2D eigenvalue weighted by molar-refractivity contribution is -0.113. The highest BCUT2D eigenvalue weighted by molar-refractivity contribution is 7.99. The molecule has 3 rings (SSSR count). The molecule has 2 heterocycles. The van der Waals surface area contributed by atoms with E-state index in [4.69, 9.17) is 0 Å². The number of hydrogen-bond acceptors (Lipinski definition) is 6. The van der Waals surface area contributed by atoms with Crippen LogP contribution in [0.2, 0.25) is 0 Å². The fourth-order valence-corrected chi connectivity index (χ4v) is 5.45. The molecular weight excluding hydrogens is 366 g/mol. The van der Waals surface area contributed by atoms with Crippen LogP contribution in [-0.2, 0) is 30.6 Å². The number of anilines is 1. The van der Waals surface area contributed by atoms with E-state index < -0.39 is 0 Å². The maximum atomic E-state index is 12.4. The van der Waals surface area contributed by atoms with E-state index >= 15 is 0 Å². The van der Waals surface area contributed by atoms with Gasteiger partial charge >= 0.3 is 0 Å². The highest BCUT2D eigenvalue weighted by Gasteiger charge is 2.24. The fraction of sp³-hybridized carbons (Fsp3) is 0.556. The van der Waals surface area contributed by atoms with Crippen molar-refractivity contribution < 1.29 is 4.79 Å². The van der Waals surface area contributed by atoms with Crippen LogP contribution in [0.5, 0.6) is 0 Å².